The molecule has 0 saturated carbocycles. The van der Waals surface area contributed by atoms with Crippen molar-refractivity contribution in [3.63, 3.8) is 0 Å². The van der Waals surface area contributed by atoms with Crippen molar-refractivity contribution in [2.45, 2.75) is 4.90 Å². The van der Waals surface area contributed by atoms with Crippen molar-refractivity contribution in [2.24, 2.45) is 0 Å². The summed E-state index contributed by atoms with van der Waals surface area (Å²) in [5, 5.41) is 9.25. The van der Waals surface area contributed by atoms with Gasteiger partial charge in [0.25, 0.3) is 0 Å². The SMILES string of the molecule is O=C(O)c1ccc(OS(=O)(=O)c2ccc(Cl)cc2)c(Br)c1. The van der Waals surface area contributed by atoms with Crippen molar-refractivity contribution in [3.8, 4) is 5.75 Å². The topological polar surface area (TPSA) is 80.7 Å². The minimum atomic E-state index is -4.02. The number of halogens is 2. The van der Waals surface area contributed by atoms with E-state index in [2.05, 4.69) is 15.9 Å². The molecule has 0 aliphatic rings. The van der Waals surface area contributed by atoms with Crippen LogP contribution in [0.1, 0.15) is 10.4 Å². The van der Waals surface area contributed by atoms with E-state index < -0.39 is 16.1 Å². The monoisotopic (exact) mass is 390 g/mol. The zero-order valence-electron chi connectivity index (χ0n) is 10.3. The molecule has 0 bridgehead atoms. The number of hydrogen-bond acceptors (Lipinski definition) is 4. The maximum absolute atomic E-state index is 12.1. The van der Waals surface area contributed by atoms with Gasteiger partial charge in [0.2, 0.25) is 0 Å². The highest BCUT2D eigenvalue weighted by Crippen LogP contribution is 2.29. The van der Waals surface area contributed by atoms with E-state index in [0.29, 0.717) is 5.02 Å². The lowest BCUT2D eigenvalue weighted by molar-refractivity contribution is 0.0697. The molecule has 0 heterocycles. The van der Waals surface area contributed by atoms with Crippen LogP contribution in [0.15, 0.2) is 51.8 Å². The summed E-state index contributed by atoms with van der Waals surface area (Å²) in [4.78, 5) is 10.8. The largest absolute Gasteiger partial charge is 0.478 e. The number of carboxylic acid groups (broad SMARTS) is 1. The van der Waals surface area contributed by atoms with Gasteiger partial charge in [0.1, 0.15) is 4.90 Å². The molecule has 0 aliphatic carbocycles. The van der Waals surface area contributed by atoms with E-state index in [9.17, 15) is 13.2 Å². The molecule has 2 aromatic rings. The van der Waals surface area contributed by atoms with Gasteiger partial charge in [0.15, 0.2) is 5.75 Å². The van der Waals surface area contributed by atoms with Crippen molar-refractivity contribution >= 4 is 43.6 Å². The molecule has 8 heteroatoms. The molecule has 0 aliphatic heterocycles. The Bertz CT molecular complexity index is 787. The van der Waals surface area contributed by atoms with Crippen LogP contribution < -0.4 is 4.18 Å². The van der Waals surface area contributed by atoms with Crippen LogP contribution in [0, 0.1) is 0 Å². The number of carbonyl (C=O) groups is 1. The molecule has 0 amide bonds. The van der Waals surface area contributed by atoms with Crippen molar-refractivity contribution in [3.05, 3.63) is 57.5 Å². The highest BCUT2D eigenvalue weighted by molar-refractivity contribution is 9.10. The number of benzene rings is 2. The van der Waals surface area contributed by atoms with E-state index in [0.717, 1.165) is 0 Å². The Morgan fingerprint density at radius 1 is 1.14 bits per heavy atom. The van der Waals surface area contributed by atoms with Gasteiger partial charge in [-0.2, -0.15) is 8.42 Å². The van der Waals surface area contributed by atoms with Gasteiger partial charge in [0, 0.05) is 5.02 Å². The lowest BCUT2D eigenvalue weighted by Crippen LogP contribution is -2.10. The van der Waals surface area contributed by atoms with Crippen LogP contribution in [0.2, 0.25) is 5.02 Å². The van der Waals surface area contributed by atoms with Gasteiger partial charge in [-0.3, -0.25) is 0 Å². The summed E-state index contributed by atoms with van der Waals surface area (Å²) in [6, 6.07) is 9.27. The Labute approximate surface area is 134 Å². The fourth-order valence-electron chi connectivity index (χ4n) is 1.47. The van der Waals surface area contributed by atoms with Crippen LogP contribution in [0.25, 0.3) is 0 Å². The zero-order chi connectivity index (χ0) is 15.6. The lowest BCUT2D eigenvalue weighted by Gasteiger charge is -2.09. The Hall–Kier alpha value is -1.57. The third-order valence-corrected chi connectivity index (χ3v) is 4.60. The quantitative estimate of drug-likeness (QED) is 0.806. The smallest absolute Gasteiger partial charge is 0.339 e. The maximum atomic E-state index is 12.1. The summed E-state index contributed by atoms with van der Waals surface area (Å²) in [6.07, 6.45) is 0. The first-order valence-electron chi connectivity index (χ1n) is 5.52. The van der Waals surface area contributed by atoms with Gasteiger partial charge >= 0.3 is 16.1 Å². The van der Waals surface area contributed by atoms with E-state index in [1.165, 1.54) is 42.5 Å². The van der Waals surface area contributed by atoms with Crippen molar-refractivity contribution in [2.75, 3.05) is 0 Å². The first kappa shape index (κ1) is 15.8. The van der Waals surface area contributed by atoms with E-state index >= 15 is 0 Å². The van der Waals surface area contributed by atoms with Crippen molar-refractivity contribution in [1.82, 2.24) is 0 Å². The van der Waals surface area contributed by atoms with Crippen LogP contribution in [0.3, 0.4) is 0 Å². The highest BCUT2D eigenvalue weighted by Gasteiger charge is 2.18. The number of carboxylic acids is 1. The molecular formula is C13H8BrClO5S. The maximum Gasteiger partial charge on any atom is 0.339 e. The molecule has 1 N–H and O–H groups in total. The van der Waals surface area contributed by atoms with Crippen LogP contribution in [-0.2, 0) is 10.1 Å². The standard InChI is InChI=1S/C13H8BrClO5S/c14-11-7-8(13(16)17)1-6-12(11)20-21(18,19)10-4-2-9(15)3-5-10/h1-7H,(H,16,17). The third-order valence-electron chi connectivity index (χ3n) is 2.48. The molecule has 0 unspecified atom stereocenters. The minimum absolute atomic E-state index is 0.00468. The van der Waals surface area contributed by atoms with Crippen LogP contribution in [0.4, 0.5) is 0 Å². The fraction of sp³-hybridized carbons (Fsp3) is 0. The molecule has 0 fully saturated rings. The van der Waals surface area contributed by atoms with E-state index in [-0.39, 0.29) is 20.7 Å². The second-order valence-corrected chi connectivity index (χ2v) is 6.78. The predicted octanol–water partition coefficient (Wildman–Crippen LogP) is 3.57. The summed E-state index contributed by atoms with van der Waals surface area (Å²) in [5.41, 5.74) is 0.0121. The Balaban J connectivity index is 2.32. The third kappa shape index (κ3) is 3.75. The molecule has 0 aromatic heterocycles. The van der Waals surface area contributed by atoms with Gasteiger partial charge in [0.05, 0.1) is 10.0 Å². The van der Waals surface area contributed by atoms with Crippen LogP contribution in [0.5, 0.6) is 5.75 Å². The van der Waals surface area contributed by atoms with E-state index in [4.69, 9.17) is 20.9 Å². The van der Waals surface area contributed by atoms with Gasteiger partial charge in [-0.15, -0.1) is 0 Å². The summed E-state index contributed by atoms with van der Waals surface area (Å²) < 4.78 is 29.4. The predicted molar refractivity (Wildman–Crippen MR) is 80.4 cm³/mol. The molecule has 2 rings (SSSR count). The lowest BCUT2D eigenvalue weighted by atomic mass is 10.2. The van der Waals surface area contributed by atoms with Crippen molar-refractivity contribution in [1.29, 1.82) is 0 Å². The van der Waals surface area contributed by atoms with Crippen LogP contribution >= 0.6 is 27.5 Å². The second kappa shape index (κ2) is 6.05. The van der Waals surface area contributed by atoms with Gasteiger partial charge in [-0.25, -0.2) is 4.79 Å². The minimum Gasteiger partial charge on any atom is -0.478 e. The van der Waals surface area contributed by atoms with Gasteiger partial charge in [-0.1, -0.05) is 11.6 Å². The molecule has 5 nitrogen and oxygen atoms in total. The Morgan fingerprint density at radius 2 is 1.76 bits per heavy atom. The molecule has 0 radical (unpaired) electrons. The normalized spacial score (nSPS) is 11.1. The average molecular weight is 392 g/mol. The summed E-state index contributed by atoms with van der Waals surface area (Å²) in [7, 11) is -4.02. The van der Waals surface area contributed by atoms with E-state index in [1.807, 2.05) is 0 Å². The van der Waals surface area contributed by atoms with Gasteiger partial charge < -0.3 is 9.29 Å². The number of hydrogen-bond donors (Lipinski definition) is 1. The average Bonchev–Trinajstić information content (AvgIpc) is 2.41. The highest BCUT2D eigenvalue weighted by atomic mass is 79.9. The summed E-state index contributed by atoms with van der Waals surface area (Å²) in [6.45, 7) is 0. The molecule has 21 heavy (non-hydrogen) atoms. The molecule has 0 atom stereocenters. The second-order valence-electron chi connectivity index (χ2n) is 3.94. The van der Waals surface area contributed by atoms with Crippen LogP contribution in [-0.4, -0.2) is 19.5 Å². The molecule has 2 aromatic carbocycles. The number of rotatable bonds is 4. The first-order chi connectivity index (χ1) is 9.79. The summed E-state index contributed by atoms with van der Waals surface area (Å²) >= 11 is 8.77. The Morgan fingerprint density at radius 3 is 2.29 bits per heavy atom. The number of aromatic carboxylic acids is 1. The van der Waals surface area contributed by atoms with E-state index in [1.54, 1.807) is 0 Å². The molecular weight excluding hydrogens is 384 g/mol. The molecule has 0 spiro atoms. The zero-order valence-corrected chi connectivity index (χ0v) is 13.4. The Kier molecular flexibility index (Phi) is 4.55. The molecule has 110 valence electrons. The fourth-order valence-corrected chi connectivity index (χ4v) is 3.11. The van der Waals surface area contributed by atoms with Crippen molar-refractivity contribution < 1.29 is 22.5 Å². The van der Waals surface area contributed by atoms with Gasteiger partial charge in [-0.05, 0) is 58.4 Å². The molecule has 0 saturated heterocycles. The summed E-state index contributed by atoms with van der Waals surface area (Å²) in [5.74, 6) is -1.13. The first-order valence-corrected chi connectivity index (χ1v) is 8.10.